The molecule has 1 fully saturated rings. The molecule has 0 bridgehead atoms. The molecule has 2 aliphatic rings. The van der Waals surface area contributed by atoms with Crippen LogP contribution in [0.4, 0.5) is 0 Å². The smallest absolute Gasteiger partial charge is 0.219 e. The number of hydrogen-bond acceptors (Lipinski definition) is 5. The predicted molar refractivity (Wildman–Crippen MR) is 98.5 cm³/mol. The highest BCUT2D eigenvalue weighted by atomic mass is 35.5. The third-order valence-electron chi connectivity index (χ3n) is 5.48. The summed E-state index contributed by atoms with van der Waals surface area (Å²) in [5, 5.41) is 38.5. The molecule has 0 saturated heterocycles. The minimum atomic E-state index is -1.83. The van der Waals surface area contributed by atoms with Crippen LogP contribution in [-0.2, 0) is 4.79 Å². The molecule has 1 unspecified atom stereocenters. The van der Waals surface area contributed by atoms with Gasteiger partial charge in [0.25, 0.3) is 0 Å². The Bertz CT molecular complexity index is 963. The Labute approximate surface area is 162 Å². The highest BCUT2D eigenvalue weighted by molar-refractivity contribution is 6.31. The number of benzene rings is 1. The van der Waals surface area contributed by atoms with Gasteiger partial charge in [-0.1, -0.05) is 35.9 Å². The van der Waals surface area contributed by atoms with Crippen molar-refractivity contribution in [2.45, 2.75) is 12.8 Å². The standard InChI is InChI=1S/C20H16ClN5O/c1-12(27)26-7-6-13-15(8-22)19(25)20(10-23,11-24)18(16(13)9-26)14-4-2-3-5-17(14)21/h2-6,15-16,18,25H,7,9H2,1H3/t15?,16-,18+/m1/s1. The Morgan fingerprint density at radius 3 is 2.52 bits per heavy atom. The number of carbonyl (C=O) groups is 1. The molecular formula is C20H16ClN5O. The summed E-state index contributed by atoms with van der Waals surface area (Å²) >= 11 is 6.39. The lowest BCUT2D eigenvalue weighted by molar-refractivity contribution is -0.129. The van der Waals surface area contributed by atoms with Crippen LogP contribution in [0.25, 0.3) is 0 Å². The minimum Gasteiger partial charge on any atom is -0.339 e. The van der Waals surface area contributed by atoms with Gasteiger partial charge in [0.2, 0.25) is 5.91 Å². The number of nitrogens with one attached hydrogen (secondary N) is 1. The SMILES string of the molecule is CC(=O)N1CC=C2C(C#N)C(=N)C(C#N)(C#N)[C@@H](c3ccccc3Cl)[C@@H]2C1. The van der Waals surface area contributed by atoms with Gasteiger partial charge in [-0.25, -0.2) is 0 Å². The molecule has 134 valence electrons. The Hall–Kier alpha value is -3.14. The molecule has 1 aromatic carbocycles. The first kappa shape index (κ1) is 18.6. The number of halogens is 1. The maximum absolute atomic E-state index is 11.9. The molecule has 1 aliphatic heterocycles. The average molecular weight is 378 g/mol. The van der Waals surface area contributed by atoms with E-state index in [1.807, 2.05) is 12.1 Å². The van der Waals surface area contributed by atoms with Gasteiger partial charge in [0.1, 0.15) is 5.92 Å². The average Bonchev–Trinajstić information content (AvgIpc) is 2.67. The fraction of sp³-hybridized carbons (Fsp3) is 0.350. The van der Waals surface area contributed by atoms with E-state index in [0.717, 1.165) is 0 Å². The first-order chi connectivity index (χ1) is 12.9. The van der Waals surface area contributed by atoms with Crippen LogP contribution in [-0.4, -0.2) is 29.6 Å². The van der Waals surface area contributed by atoms with Crippen molar-refractivity contribution in [1.82, 2.24) is 4.90 Å². The van der Waals surface area contributed by atoms with Crippen molar-refractivity contribution in [2.24, 2.45) is 17.3 Å². The largest absolute Gasteiger partial charge is 0.339 e. The molecule has 1 saturated carbocycles. The summed E-state index contributed by atoms with van der Waals surface area (Å²) in [6.07, 6.45) is 1.78. The van der Waals surface area contributed by atoms with Gasteiger partial charge in [0.15, 0.2) is 5.41 Å². The molecule has 0 spiro atoms. The lowest BCUT2D eigenvalue weighted by Crippen LogP contribution is -2.53. The zero-order valence-electron chi connectivity index (χ0n) is 14.6. The molecule has 3 atom stereocenters. The summed E-state index contributed by atoms with van der Waals surface area (Å²) in [7, 11) is 0. The van der Waals surface area contributed by atoms with Crippen LogP contribution in [0.5, 0.6) is 0 Å². The van der Waals surface area contributed by atoms with Gasteiger partial charge < -0.3 is 10.3 Å². The topological polar surface area (TPSA) is 116 Å². The second kappa shape index (κ2) is 6.88. The molecule has 7 heteroatoms. The molecule has 6 nitrogen and oxygen atoms in total. The van der Waals surface area contributed by atoms with Crippen LogP contribution < -0.4 is 0 Å². The lowest BCUT2D eigenvalue weighted by atomic mass is 9.54. The number of nitrogens with zero attached hydrogens (tertiary/aromatic N) is 4. The molecule has 1 heterocycles. The fourth-order valence-electron chi connectivity index (χ4n) is 4.14. The highest BCUT2D eigenvalue weighted by Crippen LogP contribution is 2.54. The lowest BCUT2D eigenvalue weighted by Gasteiger charge is -2.47. The van der Waals surface area contributed by atoms with E-state index in [1.165, 1.54) is 6.92 Å². The molecule has 0 aromatic heterocycles. The van der Waals surface area contributed by atoms with Crippen molar-refractivity contribution in [1.29, 1.82) is 21.2 Å². The summed E-state index contributed by atoms with van der Waals surface area (Å²) in [6.45, 7) is 2.07. The summed E-state index contributed by atoms with van der Waals surface area (Å²) in [5.74, 6) is -2.27. The zero-order chi connectivity index (χ0) is 19.8. The van der Waals surface area contributed by atoms with Crippen LogP contribution in [0.1, 0.15) is 18.4 Å². The molecule has 1 aromatic rings. The van der Waals surface area contributed by atoms with Crippen molar-refractivity contribution >= 4 is 23.2 Å². The number of rotatable bonds is 1. The van der Waals surface area contributed by atoms with E-state index in [-0.39, 0.29) is 18.2 Å². The molecule has 1 aliphatic carbocycles. The summed E-state index contributed by atoms with van der Waals surface area (Å²) in [6, 6.07) is 13.0. The van der Waals surface area contributed by atoms with Gasteiger partial charge in [0.05, 0.1) is 23.9 Å². The third kappa shape index (κ3) is 2.69. The van der Waals surface area contributed by atoms with E-state index in [9.17, 15) is 20.6 Å². The summed E-state index contributed by atoms with van der Waals surface area (Å²) in [4.78, 5) is 13.5. The van der Waals surface area contributed by atoms with Crippen LogP contribution in [0.15, 0.2) is 35.9 Å². The predicted octanol–water partition coefficient (Wildman–Crippen LogP) is 3.04. The Balaban J connectivity index is 2.29. The Morgan fingerprint density at radius 1 is 1.30 bits per heavy atom. The van der Waals surface area contributed by atoms with E-state index in [2.05, 4.69) is 6.07 Å². The third-order valence-corrected chi connectivity index (χ3v) is 5.82. The van der Waals surface area contributed by atoms with Gasteiger partial charge in [-0.3, -0.25) is 4.79 Å². The van der Waals surface area contributed by atoms with Crippen molar-refractivity contribution in [2.75, 3.05) is 13.1 Å². The molecule has 1 N–H and O–H groups in total. The van der Waals surface area contributed by atoms with E-state index in [4.69, 9.17) is 17.0 Å². The Morgan fingerprint density at radius 2 is 1.96 bits per heavy atom. The van der Waals surface area contributed by atoms with Gasteiger partial charge in [-0.05, 0) is 17.2 Å². The molecule has 3 rings (SSSR count). The summed E-state index contributed by atoms with van der Waals surface area (Å²) in [5.41, 5.74) is -0.790. The first-order valence-electron chi connectivity index (χ1n) is 8.42. The minimum absolute atomic E-state index is 0.128. The van der Waals surface area contributed by atoms with Crippen molar-refractivity contribution in [3.63, 3.8) is 0 Å². The number of hydrogen-bond donors (Lipinski definition) is 1. The van der Waals surface area contributed by atoms with Crippen LogP contribution in [0.3, 0.4) is 0 Å². The number of nitriles is 3. The van der Waals surface area contributed by atoms with Gasteiger partial charge >= 0.3 is 0 Å². The number of amides is 1. The normalized spacial score (nSPS) is 26.0. The van der Waals surface area contributed by atoms with Crippen molar-refractivity contribution < 1.29 is 4.79 Å². The van der Waals surface area contributed by atoms with Gasteiger partial charge in [-0.15, -0.1) is 0 Å². The molecule has 0 radical (unpaired) electrons. The fourth-order valence-corrected chi connectivity index (χ4v) is 4.39. The van der Waals surface area contributed by atoms with E-state index < -0.39 is 23.2 Å². The molecular weight excluding hydrogens is 362 g/mol. The Kier molecular flexibility index (Phi) is 4.75. The highest BCUT2D eigenvalue weighted by Gasteiger charge is 2.58. The van der Waals surface area contributed by atoms with E-state index >= 15 is 0 Å². The second-order valence-electron chi connectivity index (χ2n) is 6.74. The van der Waals surface area contributed by atoms with Crippen molar-refractivity contribution in [3.05, 3.63) is 46.5 Å². The van der Waals surface area contributed by atoms with Crippen molar-refractivity contribution in [3.8, 4) is 18.2 Å². The first-order valence-corrected chi connectivity index (χ1v) is 8.80. The quantitative estimate of drug-likeness (QED) is 0.757. The number of carbonyl (C=O) groups excluding carboxylic acids is 1. The molecule has 27 heavy (non-hydrogen) atoms. The van der Waals surface area contributed by atoms with E-state index in [1.54, 1.807) is 35.2 Å². The van der Waals surface area contributed by atoms with Crippen LogP contribution in [0.2, 0.25) is 5.02 Å². The summed E-state index contributed by atoms with van der Waals surface area (Å²) < 4.78 is 0. The maximum Gasteiger partial charge on any atom is 0.219 e. The van der Waals surface area contributed by atoms with Crippen LogP contribution in [0, 0.1) is 56.7 Å². The monoisotopic (exact) mass is 377 g/mol. The van der Waals surface area contributed by atoms with Gasteiger partial charge in [-0.2, -0.15) is 15.8 Å². The zero-order valence-corrected chi connectivity index (χ0v) is 15.4. The molecule has 1 amide bonds. The van der Waals surface area contributed by atoms with Gasteiger partial charge in [0, 0.05) is 36.9 Å². The second-order valence-corrected chi connectivity index (χ2v) is 7.15. The van der Waals surface area contributed by atoms with E-state index in [0.29, 0.717) is 22.7 Å². The number of fused-ring (bicyclic) bond motifs is 1. The maximum atomic E-state index is 11.9. The van der Waals surface area contributed by atoms with Crippen LogP contribution >= 0.6 is 11.6 Å².